The number of aromatic nitrogens is 1. The summed E-state index contributed by atoms with van der Waals surface area (Å²) in [5.41, 5.74) is 1.82. The van der Waals surface area contributed by atoms with E-state index in [-0.39, 0.29) is 0 Å². The molecule has 0 fully saturated rings. The number of hydrogen-bond donors (Lipinski definition) is 0. The minimum Gasteiger partial charge on any atom is -0.346 e. The maximum atomic E-state index is 11.2. The second kappa shape index (κ2) is 6.94. The van der Waals surface area contributed by atoms with E-state index in [4.69, 9.17) is 11.6 Å². The van der Waals surface area contributed by atoms with Crippen LogP contribution in [0.15, 0.2) is 24.4 Å². The van der Waals surface area contributed by atoms with Gasteiger partial charge in [0.1, 0.15) is 0 Å². The van der Waals surface area contributed by atoms with Crippen LogP contribution in [0, 0.1) is 5.92 Å². The predicted octanol–water partition coefficient (Wildman–Crippen LogP) is 5.32. The summed E-state index contributed by atoms with van der Waals surface area (Å²) >= 11 is 6.10. The number of nitrogens with zero attached hydrogens (tertiary/aromatic N) is 1. The van der Waals surface area contributed by atoms with Crippen molar-refractivity contribution in [2.45, 2.75) is 46.1 Å². The number of fused-ring (bicyclic) bond motifs is 1. The Balaban J connectivity index is 2.33. The summed E-state index contributed by atoms with van der Waals surface area (Å²) in [6.45, 7) is 5.42. The Hall–Kier alpha value is -1.28. The van der Waals surface area contributed by atoms with Crippen LogP contribution in [0.5, 0.6) is 0 Å². The third-order valence-electron chi connectivity index (χ3n) is 4.00. The molecule has 3 heteroatoms. The van der Waals surface area contributed by atoms with Crippen LogP contribution in [0.1, 0.15) is 49.9 Å². The van der Waals surface area contributed by atoms with Crippen molar-refractivity contribution in [3.63, 3.8) is 0 Å². The van der Waals surface area contributed by atoms with Gasteiger partial charge < -0.3 is 4.57 Å². The molecule has 0 spiro atoms. The van der Waals surface area contributed by atoms with E-state index in [1.807, 2.05) is 24.4 Å². The van der Waals surface area contributed by atoms with Crippen LogP contribution in [-0.2, 0) is 6.54 Å². The Morgan fingerprint density at radius 2 is 2.15 bits per heavy atom. The zero-order valence-corrected chi connectivity index (χ0v) is 13.0. The number of carbonyl (C=O) groups excluding carboxylic acids is 1. The van der Waals surface area contributed by atoms with Gasteiger partial charge in [-0.25, -0.2) is 0 Å². The van der Waals surface area contributed by atoms with Gasteiger partial charge in [0.05, 0.1) is 5.52 Å². The molecule has 20 heavy (non-hydrogen) atoms. The summed E-state index contributed by atoms with van der Waals surface area (Å²) in [7, 11) is 0. The van der Waals surface area contributed by atoms with Gasteiger partial charge in [0, 0.05) is 28.7 Å². The summed E-state index contributed by atoms with van der Waals surface area (Å²) in [5.74, 6) is 0.657. The fourth-order valence-electron chi connectivity index (χ4n) is 2.73. The van der Waals surface area contributed by atoms with Crippen LogP contribution >= 0.6 is 11.6 Å². The number of benzene rings is 1. The smallest absolute Gasteiger partial charge is 0.152 e. The molecule has 1 heterocycles. The fourth-order valence-corrected chi connectivity index (χ4v) is 2.90. The fraction of sp³-hybridized carbons (Fsp3) is 0.471. The first-order chi connectivity index (χ1) is 9.69. The van der Waals surface area contributed by atoms with Crippen molar-refractivity contribution in [2.75, 3.05) is 0 Å². The monoisotopic (exact) mass is 291 g/mol. The molecule has 0 aliphatic rings. The zero-order chi connectivity index (χ0) is 14.5. The van der Waals surface area contributed by atoms with Crippen LogP contribution in [0.3, 0.4) is 0 Å². The number of rotatable bonds is 7. The van der Waals surface area contributed by atoms with E-state index in [0.29, 0.717) is 5.92 Å². The lowest BCUT2D eigenvalue weighted by Crippen LogP contribution is -2.09. The van der Waals surface area contributed by atoms with E-state index < -0.39 is 0 Å². The number of carbonyl (C=O) groups is 1. The first kappa shape index (κ1) is 15.1. The third kappa shape index (κ3) is 3.24. The van der Waals surface area contributed by atoms with Crippen LogP contribution in [-0.4, -0.2) is 10.9 Å². The van der Waals surface area contributed by atoms with Crippen LogP contribution in [0.2, 0.25) is 5.02 Å². The molecule has 108 valence electrons. The van der Waals surface area contributed by atoms with Crippen molar-refractivity contribution in [3.8, 4) is 0 Å². The summed E-state index contributed by atoms with van der Waals surface area (Å²) in [5, 5.41) is 1.71. The molecular weight excluding hydrogens is 270 g/mol. The van der Waals surface area contributed by atoms with Gasteiger partial charge in [-0.1, -0.05) is 50.8 Å². The standard InChI is InChI=1S/C17H22ClNO/c1-3-5-6-13(4-2)10-19-11-14(12-20)16-8-7-15(18)9-17(16)19/h7-9,11-13H,3-6,10H2,1-2H3. The molecule has 0 aliphatic heterocycles. The maximum Gasteiger partial charge on any atom is 0.152 e. The maximum absolute atomic E-state index is 11.2. The Morgan fingerprint density at radius 1 is 1.35 bits per heavy atom. The second-order valence-electron chi connectivity index (χ2n) is 5.43. The highest BCUT2D eigenvalue weighted by atomic mass is 35.5. The minimum atomic E-state index is 0.657. The van der Waals surface area contributed by atoms with Gasteiger partial charge in [0.25, 0.3) is 0 Å². The van der Waals surface area contributed by atoms with Crippen molar-refractivity contribution in [1.82, 2.24) is 4.57 Å². The first-order valence-electron chi connectivity index (χ1n) is 7.43. The van der Waals surface area contributed by atoms with Crippen molar-refractivity contribution >= 4 is 28.8 Å². The first-order valence-corrected chi connectivity index (χ1v) is 7.81. The van der Waals surface area contributed by atoms with E-state index in [9.17, 15) is 4.79 Å². The van der Waals surface area contributed by atoms with E-state index in [1.165, 1.54) is 19.3 Å². The molecule has 0 bridgehead atoms. The number of unbranched alkanes of at least 4 members (excludes halogenated alkanes) is 1. The Bertz CT molecular complexity index is 588. The molecule has 2 nitrogen and oxygen atoms in total. The van der Waals surface area contributed by atoms with Gasteiger partial charge in [0.15, 0.2) is 6.29 Å². The summed E-state index contributed by atoms with van der Waals surface area (Å²) in [4.78, 5) is 11.2. The lowest BCUT2D eigenvalue weighted by Gasteiger charge is -2.16. The van der Waals surface area contributed by atoms with Crippen molar-refractivity contribution in [2.24, 2.45) is 5.92 Å². The molecule has 2 rings (SSSR count). The van der Waals surface area contributed by atoms with Crippen molar-refractivity contribution in [3.05, 3.63) is 35.0 Å². The van der Waals surface area contributed by atoms with Crippen molar-refractivity contribution in [1.29, 1.82) is 0 Å². The molecule has 0 aliphatic carbocycles. The average Bonchev–Trinajstić information content (AvgIpc) is 2.80. The molecule has 0 amide bonds. The van der Waals surface area contributed by atoms with Gasteiger partial charge >= 0.3 is 0 Å². The van der Waals surface area contributed by atoms with E-state index in [0.717, 1.165) is 40.7 Å². The summed E-state index contributed by atoms with van der Waals surface area (Å²) < 4.78 is 2.19. The molecule has 1 atom stereocenters. The average molecular weight is 292 g/mol. The van der Waals surface area contributed by atoms with Crippen LogP contribution < -0.4 is 0 Å². The Morgan fingerprint density at radius 3 is 2.80 bits per heavy atom. The van der Waals surface area contributed by atoms with Crippen LogP contribution in [0.25, 0.3) is 10.9 Å². The van der Waals surface area contributed by atoms with Gasteiger partial charge in [-0.15, -0.1) is 0 Å². The molecule has 1 unspecified atom stereocenters. The number of halogens is 1. The van der Waals surface area contributed by atoms with E-state index >= 15 is 0 Å². The summed E-state index contributed by atoms with van der Waals surface area (Å²) in [6.07, 6.45) is 7.79. The lowest BCUT2D eigenvalue weighted by molar-refractivity contribution is 0.112. The topological polar surface area (TPSA) is 22.0 Å². The lowest BCUT2D eigenvalue weighted by atomic mass is 9.99. The van der Waals surface area contributed by atoms with E-state index in [1.54, 1.807) is 0 Å². The van der Waals surface area contributed by atoms with Gasteiger partial charge in [-0.05, 0) is 24.5 Å². The molecule has 0 saturated carbocycles. The largest absolute Gasteiger partial charge is 0.346 e. The second-order valence-corrected chi connectivity index (χ2v) is 5.87. The molecule has 1 aromatic heterocycles. The molecule has 2 aromatic rings. The third-order valence-corrected chi connectivity index (χ3v) is 4.24. The number of hydrogen-bond acceptors (Lipinski definition) is 1. The highest BCUT2D eigenvalue weighted by Gasteiger charge is 2.12. The predicted molar refractivity (Wildman–Crippen MR) is 85.6 cm³/mol. The molecule has 1 aromatic carbocycles. The van der Waals surface area contributed by atoms with Gasteiger partial charge in [-0.3, -0.25) is 4.79 Å². The SMILES string of the molecule is CCCCC(CC)Cn1cc(C=O)c2ccc(Cl)cc21. The van der Waals surface area contributed by atoms with Crippen molar-refractivity contribution < 1.29 is 4.79 Å². The Labute approximate surface area is 125 Å². The quantitative estimate of drug-likeness (QED) is 0.633. The van der Waals surface area contributed by atoms with Crippen LogP contribution in [0.4, 0.5) is 0 Å². The zero-order valence-electron chi connectivity index (χ0n) is 12.2. The van der Waals surface area contributed by atoms with E-state index in [2.05, 4.69) is 18.4 Å². The minimum absolute atomic E-state index is 0.657. The Kier molecular flexibility index (Phi) is 5.24. The summed E-state index contributed by atoms with van der Waals surface area (Å²) in [6, 6.07) is 5.73. The number of aldehydes is 1. The molecule has 0 radical (unpaired) electrons. The van der Waals surface area contributed by atoms with Gasteiger partial charge in [-0.2, -0.15) is 0 Å². The highest BCUT2D eigenvalue weighted by Crippen LogP contribution is 2.26. The molecule has 0 saturated heterocycles. The molecular formula is C17H22ClNO. The normalized spacial score (nSPS) is 12.8. The molecule has 0 N–H and O–H groups in total. The highest BCUT2D eigenvalue weighted by molar-refractivity contribution is 6.31. The van der Waals surface area contributed by atoms with Gasteiger partial charge in [0.2, 0.25) is 0 Å².